The maximum atomic E-state index is 14.7. The lowest BCUT2D eigenvalue weighted by atomic mass is 9.83. The lowest BCUT2D eigenvalue weighted by Gasteiger charge is -2.37. The maximum Gasteiger partial charge on any atom is 0.268 e. The van der Waals surface area contributed by atoms with Gasteiger partial charge >= 0.3 is 0 Å². The fourth-order valence-corrected chi connectivity index (χ4v) is 10.0. The second-order valence-electron chi connectivity index (χ2n) is 15.5. The molecule has 11 nitrogen and oxygen atoms in total. The van der Waals surface area contributed by atoms with Gasteiger partial charge in [0.15, 0.2) is 5.01 Å². The van der Waals surface area contributed by atoms with E-state index in [1.54, 1.807) is 17.0 Å². The molecule has 2 aliphatic carbocycles. The van der Waals surface area contributed by atoms with E-state index in [0.717, 1.165) is 36.8 Å². The van der Waals surface area contributed by atoms with E-state index in [0.29, 0.717) is 30.5 Å². The molecule has 4 amide bonds. The first-order valence-electron chi connectivity index (χ1n) is 18.4. The molecule has 0 spiro atoms. The Hall–Kier alpha value is -4.65. The molecule has 2 aromatic carbocycles. The highest BCUT2D eigenvalue weighted by Gasteiger charge is 2.69. The molecule has 4 N–H and O–H groups in total. The number of aromatic amines is 1. The fraction of sp³-hybridized carbons (Fsp3) is 0.487. The number of rotatable bonds is 10. The van der Waals surface area contributed by atoms with E-state index in [2.05, 4.69) is 39.8 Å². The van der Waals surface area contributed by atoms with E-state index in [-0.39, 0.29) is 63.3 Å². The number of thiazole rings is 1. The SMILES string of the molecule is CC1(C)[C@@H]2[C@@H](C(=O)N[C@@H](C[C@@H]3CCNC3=O)C(=O)c3nc4ccccc4s3)N(C(=O)[C@@H](NC(=O)c3cc4c(F)cccc4[nH]3)C3CCCCC3)C[C@@H]21. The molecule has 8 rings (SSSR count). The number of aromatic nitrogens is 2. The zero-order valence-corrected chi connectivity index (χ0v) is 30.1. The summed E-state index contributed by atoms with van der Waals surface area (Å²) < 4.78 is 15.3. The number of ketones is 1. The standard InChI is InChI=1S/C39H43FN6O5S/c1-39(2)23-19-46(38(51)31(20-9-4-3-5-10-20)45-35(49)28-18-22-24(40)11-8-13-25(22)42-28)32(30(23)39)36(50)43-27(17-21-15-16-41-34(21)48)33(47)37-44-26-12-6-7-14-29(26)52-37/h6-8,11-14,18,20-21,23,27,30-32,42H,3-5,9-10,15-17,19H2,1-2H3,(H,41,48)(H,43,50)(H,45,49)/t21-,23-,27-,30-,31-,32-/m0/s1. The van der Waals surface area contributed by atoms with Gasteiger partial charge in [0.2, 0.25) is 23.5 Å². The average molecular weight is 727 g/mol. The number of fused-ring (bicyclic) bond motifs is 3. The number of H-pyrrole nitrogens is 1. The van der Waals surface area contributed by atoms with Crippen molar-refractivity contribution in [2.45, 2.75) is 76.9 Å². The number of amides is 4. The highest BCUT2D eigenvalue weighted by molar-refractivity contribution is 7.20. The Morgan fingerprint density at radius 3 is 2.56 bits per heavy atom. The molecule has 4 heterocycles. The topological polar surface area (TPSA) is 153 Å². The van der Waals surface area contributed by atoms with Crippen molar-refractivity contribution >= 4 is 61.9 Å². The molecule has 4 aliphatic rings. The summed E-state index contributed by atoms with van der Waals surface area (Å²) in [5, 5.41) is 9.38. The highest BCUT2D eigenvalue weighted by Crippen LogP contribution is 2.65. The second kappa shape index (κ2) is 13.4. The number of nitrogens with zero attached hydrogens (tertiary/aromatic N) is 2. The predicted molar refractivity (Wildman–Crippen MR) is 194 cm³/mol. The van der Waals surface area contributed by atoms with E-state index < -0.39 is 41.7 Å². The molecule has 2 aliphatic heterocycles. The summed E-state index contributed by atoms with van der Waals surface area (Å²) in [6.45, 7) is 5.04. The van der Waals surface area contributed by atoms with E-state index >= 15 is 0 Å². The quantitative estimate of drug-likeness (QED) is 0.169. The lowest BCUT2D eigenvalue weighted by Crippen LogP contribution is -2.59. The van der Waals surface area contributed by atoms with Crippen LogP contribution >= 0.6 is 11.3 Å². The minimum atomic E-state index is -1.02. The van der Waals surface area contributed by atoms with Gasteiger partial charge in [-0.25, -0.2) is 9.37 Å². The Balaban J connectivity index is 1.07. The summed E-state index contributed by atoms with van der Waals surface area (Å²) in [6, 6.07) is 10.7. The van der Waals surface area contributed by atoms with Crippen molar-refractivity contribution in [2.24, 2.45) is 29.1 Å². The molecule has 4 fully saturated rings. The van der Waals surface area contributed by atoms with Crippen LogP contribution in [0.4, 0.5) is 4.39 Å². The normalized spacial score (nSPS) is 25.1. The van der Waals surface area contributed by atoms with Gasteiger partial charge < -0.3 is 25.8 Å². The zero-order valence-electron chi connectivity index (χ0n) is 29.2. The lowest BCUT2D eigenvalue weighted by molar-refractivity contribution is -0.143. The number of carbonyl (C=O) groups excluding carboxylic acids is 5. The van der Waals surface area contributed by atoms with Gasteiger partial charge in [0.05, 0.1) is 16.3 Å². The monoisotopic (exact) mass is 726 g/mol. The molecule has 0 unspecified atom stereocenters. The summed E-state index contributed by atoms with van der Waals surface area (Å²) in [5.74, 6) is -2.88. The Labute approximate surface area is 304 Å². The molecule has 2 saturated heterocycles. The fourth-order valence-electron chi connectivity index (χ4n) is 9.07. The van der Waals surface area contributed by atoms with Gasteiger partial charge in [-0.3, -0.25) is 24.0 Å². The van der Waals surface area contributed by atoms with Crippen molar-refractivity contribution in [3.05, 3.63) is 65.0 Å². The molecule has 272 valence electrons. The van der Waals surface area contributed by atoms with Gasteiger partial charge in [0.1, 0.15) is 23.6 Å². The van der Waals surface area contributed by atoms with Crippen LogP contribution in [0.2, 0.25) is 0 Å². The number of benzene rings is 2. The molecule has 52 heavy (non-hydrogen) atoms. The zero-order chi connectivity index (χ0) is 36.3. The first-order valence-corrected chi connectivity index (χ1v) is 19.2. The molecule has 2 aromatic heterocycles. The number of halogens is 1. The molecule has 0 bridgehead atoms. The van der Waals surface area contributed by atoms with E-state index in [4.69, 9.17) is 0 Å². The van der Waals surface area contributed by atoms with Crippen LogP contribution in [0.15, 0.2) is 48.5 Å². The summed E-state index contributed by atoms with van der Waals surface area (Å²) in [7, 11) is 0. The molecule has 0 radical (unpaired) electrons. The van der Waals surface area contributed by atoms with E-state index in [1.807, 2.05) is 24.3 Å². The summed E-state index contributed by atoms with van der Waals surface area (Å²) >= 11 is 1.25. The number of piperidine rings is 1. The number of hydrogen-bond acceptors (Lipinski definition) is 7. The third-order valence-electron chi connectivity index (χ3n) is 12.1. The largest absolute Gasteiger partial charge is 0.356 e. The molecule has 13 heteroatoms. The number of carbonyl (C=O) groups is 5. The number of likely N-dealkylation sites (tertiary alicyclic amines) is 1. The molecular weight excluding hydrogens is 684 g/mol. The first kappa shape index (κ1) is 34.4. The van der Waals surface area contributed by atoms with Crippen LogP contribution in [0.25, 0.3) is 21.1 Å². The second-order valence-corrected chi connectivity index (χ2v) is 16.6. The molecule has 4 aromatic rings. The third-order valence-corrected chi connectivity index (χ3v) is 13.2. The van der Waals surface area contributed by atoms with Crippen LogP contribution in [0.3, 0.4) is 0 Å². The van der Waals surface area contributed by atoms with Crippen LogP contribution in [0.1, 0.15) is 79.1 Å². The minimum absolute atomic E-state index is 0.0746. The van der Waals surface area contributed by atoms with E-state index in [1.165, 1.54) is 23.5 Å². The van der Waals surface area contributed by atoms with Crippen molar-refractivity contribution in [1.29, 1.82) is 0 Å². The average Bonchev–Trinajstić information content (AvgIpc) is 3.80. The van der Waals surface area contributed by atoms with Crippen molar-refractivity contribution in [3.8, 4) is 0 Å². The Kier molecular flexibility index (Phi) is 8.87. The van der Waals surface area contributed by atoms with Gasteiger partial charge in [-0.2, -0.15) is 0 Å². The number of Topliss-reactive ketones (excluding diaryl/α,β-unsaturated/α-hetero) is 1. The summed E-state index contributed by atoms with van der Waals surface area (Å²) in [5.41, 5.74) is 1.12. The summed E-state index contributed by atoms with van der Waals surface area (Å²) in [6.07, 6.45) is 5.07. The summed E-state index contributed by atoms with van der Waals surface area (Å²) in [4.78, 5) is 78.9. The van der Waals surface area contributed by atoms with Gasteiger partial charge in [-0.15, -0.1) is 11.3 Å². The van der Waals surface area contributed by atoms with Crippen molar-refractivity contribution in [2.75, 3.05) is 13.1 Å². The molecule has 2 saturated carbocycles. The van der Waals surface area contributed by atoms with Crippen molar-refractivity contribution in [1.82, 2.24) is 30.8 Å². The van der Waals surface area contributed by atoms with Crippen LogP contribution in [0, 0.1) is 34.9 Å². The maximum absolute atomic E-state index is 14.7. The van der Waals surface area contributed by atoms with Gasteiger partial charge in [0, 0.05) is 29.9 Å². The number of para-hydroxylation sites is 1. The van der Waals surface area contributed by atoms with Crippen molar-refractivity contribution < 1.29 is 28.4 Å². The Morgan fingerprint density at radius 1 is 1.04 bits per heavy atom. The Morgan fingerprint density at radius 2 is 1.83 bits per heavy atom. The van der Waals surface area contributed by atoms with Gasteiger partial charge in [-0.05, 0) is 79.2 Å². The molecular formula is C39H43FN6O5S. The molecule has 6 atom stereocenters. The van der Waals surface area contributed by atoms with Gasteiger partial charge in [0.25, 0.3) is 5.91 Å². The van der Waals surface area contributed by atoms with Crippen LogP contribution < -0.4 is 16.0 Å². The van der Waals surface area contributed by atoms with Crippen LogP contribution in [0.5, 0.6) is 0 Å². The third kappa shape index (κ3) is 6.16. The first-order chi connectivity index (χ1) is 25.0. The minimum Gasteiger partial charge on any atom is -0.356 e. The number of hydrogen-bond donors (Lipinski definition) is 4. The smallest absolute Gasteiger partial charge is 0.268 e. The van der Waals surface area contributed by atoms with Crippen LogP contribution in [-0.2, 0) is 14.4 Å². The van der Waals surface area contributed by atoms with Crippen LogP contribution in [-0.4, -0.2) is 75.5 Å². The van der Waals surface area contributed by atoms with Gasteiger partial charge in [-0.1, -0.05) is 51.3 Å². The Bertz CT molecular complexity index is 2050. The van der Waals surface area contributed by atoms with E-state index in [9.17, 15) is 28.4 Å². The predicted octanol–water partition coefficient (Wildman–Crippen LogP) is 4.97. The number of nitrogens with one attached hydrogen (secondary N) is 4. The van der Waals surface area contributed by atoms with Crippen molar-refractivity contribution in [3.63, 3.8) is 0 Å². The highest BCUT2D eigenvalue weighted by atomic mass is 32.1.